The van der Waals surface area contributed by atoms with Gasteiger partial charge in [-0.05, 0) is 0 Å². The van der Waals surface area contributed by atoms with Gasteiger partial charge in [-0.3, -0.25) is 4.79 Å². The van der Waals surface area contributed by atoms with Crippen molar-refractivity contribution >= 4 is 20.0 Å². The van der Waals surface area contributed by atoms with E-state index in [4.69, 9.17) is 0 Å². The van der Waals surface area contributed by atoms with Gasteiger partial charge in [-0.1, -0.05) is 0 Å². The third-order valence-corrected chi connectivity index (χ3v) is 0.517. The van der Waals surface area contributed by atoms with Gasteiger partial charge in [-0.15, -0.1) is 0 Å². The number of hydrogen-bond donors (Lipinski definition) is 0. The van der Waals surface area contributed by atoms with Gasteiger partial charge in [0, 0.05) is 0 Å². The number of halogens is 6. The zero-order valence-electron chi connectivity index (χ0n) is 4.74. The molecule has 0 aliphatic carbocycles. The monoisotopic (exact) mass is 180 g/mol. The first-order chi connectivity index (χ1) is 4.63. The quantitative estimate of drug-likeness (QED) is 0.478. The average molecular weight is 180 g/mol. The SMILES string of the molecule is O=C(O[B-](F)(F)F)[B-](F)(F)F. The maximum absolute atomic E-state index is 11.1. The zero-order valence-corrected chi connectivity index (χ0v) is 4.74. The van der Waals surface area contributed by atoms with Crippen LogP contribution in [0.2, 0.25) is 0 Å². The predicted molar refractivity (Wildman–Crippen MR) is 24.6 cm³/mol. The summed E-state index contributed by atoms with van der Waals surface area (Å²) in [5.41, 5.74) is 0. The second kappa shape index (κ2) is 2.67. The summed E-state index contributed by atoms with van der Waals surface area (Å²) in [6, 6.07) is 0. The number of hydrogen-bond acceptors (Lipinski definition) is 2. The molecule has 0 fully saturated rings. The fourth-order valence-corrected chi connectivity index (χ4v) is 0.209. The molecule has 0 bridgehead atoms. The molecule has 0 rings (SSSR count). The molecule has 0 aromatic heterocycles. The Hall–Kier alpha value is -0.820. The van der Waals surface area contributed by atoms with Crippen LogP contribution < -0.4 is 0 Å². The molecule has 0 atom stereocenters. The lowest BCUT2D eigenvalue weighted by atomic mass is 9.92. The van der Waals surface area contributed by atoms with Crippen LogP contribution in [-0.2, 0) is 4.65 Å². The topological polar surface area (TPSA) is 26.3 Å². The fourth-order valence-electron chi connectivity index (χ4n) is 0.209. The minimum atomic E-state index is -6.20. The summed E-state index contributed by atoms with van der Waals surface area (Å²) in [5.74, 6) is -3.18. The third kappa shape index (κ3) is 4.57. The first-order valence-electron chi connectivity index (χ1n) is 2.24. The van der Waals surface area contributed by atoms with Gasteiger partial charge in [0.25, 0.3) is 0 Å². The van der Waals surface area contributed by atoms with Crippen molar-refractivity contribution in [2.45, 2.75) is 0 Å². The van der Waals surface area contributed by atoms with Crippen LogP contribution in [0.1, 0.15) is 0 Å². The molecule has 0 amide bonds. The van der Waals surface area contributed by atoms with Gasteiger partial charge in [-0.2, -0.15) is 0 Å². The molecule has 0 saturated carbocycles. The summed E-state index contributed by atoms with van der Waals surface area (Å²) in [6.45, 7) is -6.20. The van der Waals surface area contributed by atoms with E-state index in [0.717, 1.165) is 0 Å². The molecule has 0 N–H and O–H groups in total. The lowest BCUT2D eigenvalue weighted by molar-refractivity contribution is 0.177. The van der Waals surface area contributed by atoms with E-state index in [9.17, 15) is 30.7 Å². The normalized spacial score (nSPS) is 12.9. The fraction of sp³-hybridized carbons (Fsp3) is 0. The van der Waals surface area contributed by atoms with Crippen LogP contribution in [0.3, 0.4) is 0 Å². The van der Waals surface area contributed by atoms with Gasteiger partial charge in [0.05, 0.1) is 0 Å². The van der Waals surface area contributed by atoms with Crippen LogP contribution in [0.25, 0.3) is 0 Å². The number of rotatable bonds is 2. The lowest BCUT2D eigenvalue weighted by Crippen LogP contribution is -2.37. The van der Waals surface area contributed by atoms with Crippen LogP contribution in [0.4, 0.5) is 30.7 Å². The Bertz CT molecular complexity index is 157. The molecule has 0 saturated heterocycles. The molecule has 66 valence electrons. The number of carbonyl (C=O) groups excluding carboxylic acids is 1. The second-order valence-corrected chi connectivity index (χ2v) is 1.53. The zero-order chi connectivity index (χ0) is 9.28. The van der Waals surface area contributed by atoms with Gasteiger partial charge in [-0.25, -0.2) is 0 Å². The Labute approximate surface area is 56.7 Å². The van der Waals surface area contributed by atoms with E-state index in [1.54, 1.807) is 0 Å². The van der Waals surface area contributed by atoms with Crippen LogP contribution >= 0.6 is 0 Å². The highest BCUT2D eigenvalue weighted by molar-refractivity contribution is 6.91. The van der Waals surface area contributed by atoms with Crippen LogP contribution in [0, 0.1) is 0 Å². The molecule has 0 aromatic rings. The van der Waals surface area contributed by atoms with Crippen LogP contribution in [-0.4, -0.2) is 20.0 Å². The summed E-state index contributed by atoms with van der Waals surface area (Å²) >= 11 is 0. The van der Waals surface area contributed by atoms with Crippen molar-refractivity contribution in [2.24, 2.45) is 0 Å². The standard InChI is InChI=1S/CB2F6O2/c4-2(5,6)1(10)11-3(7,8)9/q-2. The van der Waals surface area contributed by atoms with E-state index in [2.05, 4.69) is 4.65 Å². The van der Waals surface area contributed by atoms with E-state index in [0.29, 0.717) is 0 Å². The molecule has 10 heteroatoms. The molecule has 0 unspecified atom stereocenters. The lowest BCUT2D eigenvalue weighted by Gasteiger charge is -2.22. The Morgan fingerprint density at radius 1 is 1.00 bits per heavy atom. The molecule has 0 aliphatic heterocycles. The van der Waals surface area contributed by atoms with Crippen molar-refractivity contribution in [3.8, 4) is 0 Å². The van der Waals surface area contributed by atoms with Gasteiger partial charge >= 0.3 is 14.2 Å². The van der Waals surface area contributed by atoms with Crippen molar-refractivity contribution in [3.05, 3.63) is 0 Å². The molecule has 0 radical (unpaired) electrons. The Morgan fingerprint density at radius 3 is 1.45 bits per heavy atom. The molecule has 0 aliphatic rings. The summed E-state index contributed by atoms with van der Waals surface area (Å²) in [7, 11) is -6.16. The minimum absolute atomic E-state index is 2.13. The first kappa shape index (κ1) is 10.2. The van der Waals surface area contributed by atoms with E-state index in [1.165, 1.54) is 0 Å². The van der Waals surface area contributed by atoms with E-state index in [1.807, 2.05) is 0 Å². The molecule has 0 heterocycles. The van der Waals surface area contributed by atoms with Crippen molar-refractivity contribution in [1.29, 1.82) is 0 Å². The largest absolute Gasteiger partial charge is 0.699 e. The molecular formula is CB2F6O2-2. The van der Waals surface area contributed by atoms with Crippen molar-refractivity contribution in [1.82, 2.24) is 0 Å². The second-order valence-electron chi connectivity index (χ2n) is 1.53. The maximum atomic E-state index is 11.1. The minimum Gasteiger partial charge on any atom is -0.633 e. The highest BCUT2D eigenvalue weighted by Gasteiger charge is 2.40. The Morgan fingerprint density at radius 2 is 1.36 bits per heavy atom. The predicted octanol–water partition coefficient (Wildman–Crippen LogP) is 1.90. The number of carbonyl (C=O) groups is 1. The van der Waals surface area contributed by atoms with Crippen molar-refractivity contribution in [2.75, 3.05) is 0 Å². The summed E-state index contributed by atoms with van der Waals surface area (Å²) in [4.78, 5) is 9.46. The molecule has 0 aromatic carbocycles. The highest BCUT2D eigenvalue weighted by atomic mass is 19.4. The van der Waals surface area contributed by atoms with E-state index in [-0.39, 0.29) is 0 Å². The van der Waals surface area contributed by atoms with Gasteiger partial charge in [0.1, 0.15) is 0 Å². The smallest absolute Gasteiger partial charge is 0.633 e. The molecular weight excluding hydrogens is 180 g/mol. The van der Waals surface area contributed by atoms with Gasteiger partial charge < -0.3 is 30.5 Å². The van der Waals surface area contributed by atoms with Crippen molar-refractivity contribution < 1.29 is 35.3 Å². The summed E-state index contributed by atoms with van der Waals surface area (Å²) in [6.07, 6.45) is 0. The van der Waals surface area contributed by atoms with E-state index < -0.39 is 20.0 Å². The Kier molecular flexibility index (Phi) is 2.47. The van der Waals surface area contributed by atoms with Gasteiger partial charge in [0.15, 0.2) is 0 Å². The van der Waals surface area contributed by atoms with Gasteiger partial charge in [0.2, 0.25) is 5.87 Å². The van der Waals surface area contributed by atoms with Crippen LogP contribution in [0.5, 0.6) is 0 Å². The molecule has 11 heavy (non-hydrogen) atoms. The van der Waals surface area contributed by atoms with Crippen LogP contribution in [0.15, 0.2) is 0 Å². The average Bonchev–Trinajstić information content (AvgIpc) is 1.56. The maximum Gasteiger partial charge on any atom is 0.699 e. The summed E-state index contributed by atoms with van der Waals surface area (Å²) in [5, 5.41) is 0. The first-order valence-corrected chi connectivity index (χ1v) is 2.24. The van der Waals surface area contributed by atoms with Crippen molar-refractivity contribution in [3.63, 3.8) is 0 Å². The molecule has 0 spiro atoms. The highest BCUT2D eigenvalue weighted by Crippen LogP contribution is 2.18. The third-order valence-electron chi connectivity index (χ3n) is 0.517. The van der Waals surface area contributed by atoms with E-state index >= 15 is 0 Å². The summed E-state index contributed by atoms with van der Waals surface area (Å²) < 4.78 is 68.3. The molecule has 2 nitrogen and oxygen atoms in total. The Balaban J connectivity index is 4.11.